The molecule has 13 nitrogen and oxygen atoms in total. The monoisotopic (exact) mass is 857 g/mol. The summed E-state index contributed by atoms with van der Waals surface area (Å²) in [5, 5.41) is 1.04. The molecule has 2 saturated carbocycles. The van der Waals surface area contributed by atoms with E-state index in [1.54, 1.807) is 25.1 Å². The molecular formula is C43H56FN3O10S2. The molecule has 2 aromatic carbocycles. The van der Waals surface area contributed by atoms with Gasteiger partial charge in [0.2, 0.25) is 27.7 Å². The number of benzene rings is 2. The Balaban J connectivity index is 1.24. The van der Waals surface area contributed by atoms with E-state index in [4.69, 9.17) is 9.47 Å². The topological polar surface area (TPSA) is 174 Å². The summed E-state index contributed by atoms with van der Waals surface area (Å²) in [4.78, 5) is 60.9. The third-order valence-corrected chi connectivity index (χ3v) is 17.4. The lowest BCUT2D eigenvalue weighted by atomic mass is 9.79. The van der Waals surface area contributed by atoms with Gasteiger partial charge in [0.25, 0.3) is 0 Å². The molecule has 3 heterocycles. The highest BCUT2D eigenvalue weighted by Gasteiger charge is 2.62. The maximum absolute atomic E-state index is 15.2. The predicted molar refractivity (Wildman–Crippen MR) is 219 cm³/mol. The minimum absolute atomic E-state index is 0.0357. The number of hydrogen-bond acceptors (Lipinski definition) is 10. The number of nitrogens with one attached hydrogen (secondary N) is 1. The number of ether oxygens (including phenoxy) is 2. The van der Waals surface area contributed by atoms with E-state index in [0.717, 1.165) is 6.42 Å². The number of hydrogen-bond donors (Lipinski definition) is 1. The number of fused-ring (bicyclic) bond motifs is 3. The molecule has 2 saturated heterocycles. The first kappa shape index (κ1) is 43.1. The Kier molecular flexibility index (Phi) is 12.0. The number of amides is 3. The lowest BCUT2D eigenvalue weighted by molar-refractivity contribution is -0.147. The van der Waals surface area contributed by atoms with Gasteiger partial charge in [-0.3, -0.25) is 23.9 Å². The van der Waals surface area contributed by atoms with E-state index < -0.39 is 71.5 Å². The van der Waals surface area contributed by atoms with Crippen LogP contribution in [0.4, 0.5) is 4.39 Å². The van der Waals surface area contributed by atoms with E-state index in [-0.39, 0.29) is 80.5 Å². The van der Waals surface area contributed by atoms with E-state index in [9.17, 15) is 35.6 Å². The van der Waals surface area contributed by atoms with Gasteiger partial charge in [-0.2, -0.15) is 0 Å². The van der Waals surface area contributed by atoms with Crippen molar-refractivity contribution in [2.45, 2.75) is 102 Å². The first-order valence-corrected chi connectivity index (χ1v) is 24.2. The number of allylic oxidation sites excluding steroid dienone is 2. The lowest BCUT2D eigenvalue weighted by Gasteiger charge is -2.35. The number of carbonyl (C=O) groups excluding carboxylic acids is 4. The molecule has 59 heavy (non-hydrogen) atoms. The van der Waals surface area contributed by atoms with Crippen molar-refractivity contribution in [2.24, 2.45) is 29.1 Å². The molecule has 0 aromatic heterocycles. The van der Waals surface area contributed by atoms with E-state index in [1.807, 2.05) is 19.1 Å². The molecule has 0 spiro atoms. The van der Waals surface area contributed by atoms with Gasteiger partial charge in [-0.15, -0.1) is 0 Å². The van der Waals surface area contributed by atoms with Crippen molar-refractivity contribution in [2.75, 3.05) is 38.2 Å². The van der Waals surface area contributed by atoms with Gasteiger partial charge in [-0.05, 0) is 93.5 Å². The number of methoxy groups -OCH3 is 1. The SMILES string of the molecule is CC[C@@H]1C[C@H](C)CC/C=C\[C@@H]2C[C@@]2(C(=O)NS(=O)(=O)C2(C)CC2)CC(=O)[C@@H]2C[C@@H](Oc3ccc(OC)c4ccc(F)cc34)CN2C(=O)[C@H]1CC(=O)N1CCS(=O)(=O)CC1. The molecule has 3 aliphatic heterocycles. The smallest absolute Gasteiger partial charge is 0.240 e. The number of ketones is 1. The largest absolute Gasteiger partial charge is 0.496 e. The average Bonchev–Trinajstić information content (AvgIpc) is 4.07. The standard InChI is InChI=1S/C43H56FN3O10S2/c1-5-28-20-27(2)8-6-7-9-29-24-43(29,41(51)45-59(54,55)42(3)14-15-42)25-36(48)35-22-31(57-38-13-12-37(56-4)32-11-10-30(44)21-34(32)38)26-47(35)40(50)33(28)23-39(49)46-16-18-58(52,53)19-17-46/h7,9-13,21,27-29,31,33,35H,5-6,8,14-20,22-26H2,1-4H3,(H,45,51)/b9-7-/t27-,28-,29-,31-,33+,35+,43-/m1/s1. The summed E-state index contributed by atoms with van der Waals surface area (Å²) in [6.45, 7) is 5.71. The van der Waals surface area contributed by atoms with Crippen molar-refractivity contribution in [3.63, 3.8) is 0 Å². The van der Waals surface area contributed by atoms with Crippen molar-refractivity contribution >= 4 is 54.1 Å². The van der Waals surface area contributed by atoms with Crippen LogP contribution in [0.3, 0.4) is 0 Å². The van der Waals surface area contributed by atoms with Crippen LogP contribution >= 0.6 is 0 Å². The zero-order valence-electron chi connectivity index (χ0n) is 34.3. The fourth-order valence-corrected chi connectivity index (χ4v) is 11.9. The number of sulfone groups is 1. The van der Waals surface area contributed by atoms with Crippen molar-refractivity contribution in [3.05, 3.63) is 48.3 Å². The molecule has 3 amide bonds. The number of Topliss-reactive ketones (excluding diaryl/α,β-unsaturated/α-hetero) is 1. The second kappa shape index (κ2) is 16.4. The van der Waals surface area contributed by atoms with Crippen LogP contribution in [-0.4, -0.2) is 105 Å². The van der Waals surface area contributed by atoms with Crippen molar-refractivity contribution in [1.82, 2.24) is 14.5 Å². The maximum atomic E-state index is 15.2. The van der Waals surface area contributed by atoms with Crippen molar-refractivity contribution < 1.29 is 49.9 Å². The van der Waals surface area contributed by atoms with Gasteiger partial charge in [0.05, 0.1) is 41.4 Å². The number of halogens is 1. The Morgan fingerprint density at radius 1 is 1.03 bits per heavy atom. The van der Waals surface area contributed by atoms with E-state index in [2.05, 4.69) is 11.6 Å². The minimum Gasteiger partial charge on any atom is -0.496 e. The van der Waals surface area contributed by atoms with Crippen LogP contribution in [0.2, 0.25) is 0 Å². The van der Waals surface area contributed by atoms with Crippen LogP contribution < -0.4 is 14.2 Å². The Morgan fingerprint density at radius 2 is 1.75 bits per heavy atom. The highest BCUT2D eigenvalue weighted by atomic mass is 32.2. The maximum Gasteiger partial charge on any atom is 0.240 e. The van der Waals surface area contributed by atoms with Crippen LogP contribution in [0.5, 0.6) is 11.5 Å². The predicted octanol–water partition coefficient (Wildman–Crippen LogP) is 4.97. The highest BCUT2D eigenvalue weighted by molar-refractivity contribution is 7.91. The van der Waals surface area contributed by atoms with Crippen LogP contribution in [0.25, 0.3) is 10.8 Å². The Morgan fingerprint density at radius 3 is 2.42 bits per heavy atom. The van der Waals surface area contributed by atoms with Gasteiger partial charge < -0.3 is 19.3 Å². The van der Waals surface area contributed by atoms with Gasteiger partial charge in [0.15, 0.2) is 15.6 Å². The summed E-state index contributed by atoms with van der Waals surface area (Å²) >= 11 is 0. The van der Waals surface area contributed by atoms with Gasteiger partial charge in [-0.1, -0.05) is 32.4 Å². The van der Waals surface area contributed by atoms with Crippen LogP contribution in [0, 0.1) is 34.9 Å². The lowest BCUT2D eigenvalue weighted by Crippen LogP contribution is -2.49. The second-order valence-corrected chi connectivity index (χ2v) is 22.3. The summed E-state index contributed by atoms with van der Waals surface area (Å²) in [5.41, 5.74) is -1.33. The number of sulfonamides is 1. The summed E-state index contributed by atoms with van der Waals surface area (Å²) in [6, 6.07) is 6.50. The molecule has 1 N–H and O–H groups in total. The van der Waals surface area contributed by atoms with E-state index in [1.165, 1.54) is 29.0 Å². The van der Waals surface area contributed by atoms with E-state index >= 15 is 4.79 Å². The molecule has 0 bridgehead atoms. The summed E-state index contributed by atoms with van der Waals surface area (Å²) < 4.78 is 78.9. The van der Waals surface area contributed by atoms with Crippen molar-refractivity contribution in [1.29, 1.82) is 0 Å². The molecule has 322 valence electrons. The molecular weight excluding hydrogens is 802 g/mol. The normalized spacial score (nSPS) is 31.3. The third-order valence-electron chi connectivity index (χ3n) is 13.6. The second-order valence-electron chi connectivity index (χ2n) is 17.8. The molecule has 2 aliphatic carbocycles. The Bertz CT molecular complexity index is 2250. The molecule has 0 unspecified atom stereocenters. The highest BCUT2D eigenvalue weighted by Crippen LogP contribution is 2.58. The van der Waals surface area contributed by atoms with Gasteiger partial charge in [0.1, 0.15) is 23.4 Å². The average molecular weight is 858 g/mol. The molecule has 7 rings (SSSR count). The minimum atomic E-state index is -4.00. The molecule has 16 heteroatoms. The van der Waals surface area contributed by atoms with E-state index in [0.29, 0.717) is 54.4 Å². The zero-order valence-corrected chi connectivity index (χ0v) is 35.9. The Labute approximate surface area is 346 Å². The summed E-state index contributed by atoms with van der Waals surface area (Å²) in [5.74, 6) is -3.15. The summed E-state index contributed by atoms with van der Waals surface area (Å²) in [7, 11) is -5.76. The number of nitrogens with zero attached hydrogens (tertiary/aromatic N) is 2. The van der Waals surface area contributed by atoms with Gasteiger partial charge in [-0.25, -0.2) is 21.2 Å². The van der Waals surface area contributed by atoms with Gasteiger partial charge >= 0.3 is 0 Å². The Hall–Kier alpha value is -4.05. The first-order chi connectivity index (χ1) is 27.9. The quantitative estimate of drug-likeness (QED) is 0.340. The first-order valence-electron chi connectivity index (χ1n) is 20.9. The fourth-order valence-electron chi connectivity index (χ4n) is 9.35. The number of rotatable bonds is 9. The zero-order chi connectivity index (χ0) is 42.5. The molecule has 5 aliphatic rings. The van der Waals surface area contributed by atoms with Crippen molar-refractivity contribution in [3.8, 4) is 11.5 Å². The molecule has 7 atom stereocenters. The molecule has 0 radical (unpaired) electrons. The molecule has 4 fully saturated rings. The van der Waals surface area contributed by atoms with Crippen LogP contribution in [0.15, 0.2) is 42.5 Å². The van der Waals surface area contributed by atoms with Crippen LogP contribution in [0.1, 0.15) is 85.0 Å². The number of carbonyl (C=O) groups is 4. The summed E-state index contributed by atoms with van der Waals surface area (Å²) in [6.07, 6.45) is 6.50. The van der Waals surface area contributed by atoms with Gasteiger partial charge in [0, 0.05) is 49.0 Å². The molecule has 2 aromatic rings. The third kappa shape index (κ3) is 8.89. The van der Waals surface area contributed by atoms with Crippen LogP contribution in [-0.2, 0) is 39.0 Å². The fraction of sp³-hybridized carbons (Fsp3) is 0.628.